The number of likely N-dealkylation sites (tertiary alicyclic amines) is 1. The number of rotatable bonds is 0. The lowest BCUT2D eigenvalue weighted by molar-refractivity contribution is 0.116. The van der Waals surface area contributed by atoms with Crippen molar-refractivity contribution in [3.63, 3.8) is 0 Å². The van der Waals surface area contributed by atoms with E-state index in [2.05, 4.69) is 55.9 Å². The van der Waals surface area contributed by atoms with Crippen LogP contribution >= 0.6 is 0 Å². The highest BCUT2D eigenvalue weighted by atomic mass is 15.3. The molecular formula is C15H22N2. The van der Waals surface area contributed by atoms with Crippen molar-refractivity contribution in [1.82, 2.24) is 4.90 Å². The van der Waals surface area contributed by atoms with Gasteiger partial charge in [-0.1, -0.05) is 24.6 Å². The third-order valence-electron chi connectivity index (χ3n) is 4.79. The quantitative estimate of drug-likeness (QED) is 0.676. The lowest BCUT2D eigenvalue weighted by Crippen LogP contribution is -2.57. The van der Waals surface area contributed by atoms with E-state index in [0.29, 0.717) is 11.6 Å². The topological polar surface area (TPSA) is 6.48 Å². The Morgan fingerprint density at radius 3 is 2.82 bits per heavy atom. The van der Waals surface area contributed by atoms with Crippen molar-refractivity contribution in [2.45, 2.75) is 38.3 Å². The van der Waals surface area contributed by atoms with Gasteiger partial charge in [0.25, 0.3) is 0 Å². The van der Waals surface area contributed by atoms with E-state index in [9.17, 15) is 0 Å². The van der Waals surface area contributed by atoms with Crippen LogP contribution in [0.3, 0.4) is 0 Å². The molecule has 0 saturated carbocycles. The SMILES string of the molecule is Cc1ccc2c(c1)C1(C)CCN(C)[C@@H](C1)N2C. The highest BCUT2D eigenvalue weighted by Crippen LogP contribution is 2.47. The summed E-state index contributed by atoms with van der Waals surface area (Å²) in [6.45, 7) is 5.85. The molecule has 2 heteroatoms. The van der Waals surface area contributed by atoms with Crippen LogP contribution in [0.5, 0.6) is 0 Å². The van der Waals surface area contributed by atoms with Gasteiger partial charge in [0.15, 0.2) is 0 Å². The summed E-state index contributed by atoms with van der Waals surface area (Å²) in [7, 11) is 4.49. The summed E-state index contributed by atoms with van der Waals surface area (Å²) < 4.78 is 0. The lowest BCUT2D eigenvalue weighted by Gasteiger charge is -2.53. The molecule has 0 N–H and O–H groups in total. The van der Waals surface area contributed by atoms with Crippen molar-refractivity contribution in [2.24, 2.45) is 0 Å². The van der Waals surface area contributed by atoms with Crippen molar-refractivity contribution in [3.8, 4) is 0 Å². The van der Waals surface area contributed by atoms with Crippen molar-refractivity contribution in [2.75, 3.05) is 25.5 Å². The van der Waals surface area contributed by atoms with E-state index in [0.717, 1.165) is 0 Å². The fraction of sp³-hybridized carbons (Fsp3) is 0.600. The first-order valence-corrected chi connectivity index (χ1v) is 6.55. The number of aryl methyl sites for hydroxylation is 1. The number of nitrogens with zero attached hydrogens (tertiary/aromatic N) is 2. The standard InChI is InChI=1S/C15H22N2/c1-11-5-6-13-12(9-11)15(2)7-8-16(3)14(10-15)17(13)4/h5-6,9,14H,7-8,10H2,1-4H3/t14-,15?/m1/s1. The first-order chi connectivity index (χ1) is 8.01. The summed E-state index contributed by atoms with van der Waals surface area (Å²) >= 11 is 0. The predicted octanol–water partition coefficient (Wildman–Crippen LogP) is 2.75. The highest BCUT2D eigenvalue weighted by molar-refractivity contribution is 5.61. The van der Waals surface area contributed by atoms with Crippen LogP contribution in [-0.2, 0) is 5.41 Å². The fourth-order valence-corrected chi connectivity index (χ4v) is 3.51. The first kappa shape index (κ1) is 11.1. The third-order valence-corrected chi connectivity index (χ3v) is 4.79. The molecule has 2 bridgehead atoms. The van der Waals surface area contributed by atoms with Gasteiger partial charge < -0.3 is 4.90 Å². The van der Waals surface area contributed by atoms with Crippen LogP contribution in [-0.4, -0.2) is 31.7 Å². The number of hydrogen-bond donors (Lipinski definition) is 0. The summed E-state index contributed by atoms with van der Waals surface area (Å²) in [5.74, 6) is 0. The second kappa shape index (κ2) is 3.49. The molecular weight excluding hydrogens is 208 g/mol. The second-order valence-corrected chi connectivity index (χ2v) is 6.11. The van der Waals surface area contributed by atoms with Crippen LogP contribution in [0.2, 0.25) is 0 Å². The van der Waals surface area contributed by atoms with Crippen LogP contribution < -0.4 is 4.90 Å². The predicted molar refractivity (Wildman–Crippen MR) is 72.6 cm³/mol. The summed E-state index contributed by atoms with van der Waals surface area (Å²) in [5.41, 5.74) is 4.76. The van der Waals surface area contributed by atoms with Gasteiger partial charge in [-0.2, -0.15) is 0 Å². The zero-order chi connectivity index (χ0) is 12.2. The van der Waals surface area contributed by atoms with E-state index >= 15 is 0 Å². The van der Waals surface area contributed by atoms with E-state index in [4.69, 9.17) is 0 Å². The molecule has 1 fully saturated rings. The number of benzene rings is 1. The average molecular weight is 230 g/mol. The van der Waals surface area contributed by atoms with E-state index in [1.165, 1.54) is 30.6 Å². The van der Waals surface area contributed by atoms with Crippen LogP contribution in [0.15, 0.2) is 18.2 Å². The average Bonchev–Trinajstić information content (AvgIpc) is 2.31. The summed E-state index contributed by atoms with van der Waals surface area (Å²) in [6, 6.07) is 6.93. The Morgan fingerprint density at radius 1 is 1.29 bits per heavy atom. The van der Waals surface area contributed by atoms with Gasteiger partial charge in [0.05, 0.1) is 6.17 Å². The molecule has 2 aliphatic heterocycles. The third kappa shape index (κ3) is 1.50. The zero-order valence-electron chi connectivity index (χ0n) is 11.3. The minimum absolute atomic E-state index is 0.380. The monoisotopic (exact) mass is 230 g/mol. The molecule has 0 amide bonds. The normalized spacial score (nSPS) is 32.5. The van der Waals surface area contributed by atoms with Gasteiger partial charge in [-0.3, -0.25) is 4.90 Å². The Bertz CT molecular complexity index is 454. The van der Waals surface area contributed by atoms with Crippen molar-refractivity contribution < 1.29 is 0 Å². The molecule has 17 heavy (non-hydrogen) atoms. The van der Waals surface area contributed by atoms with Gasteiger partial charge in [0.2, 0.25) is 0 Å². The maximum Gasteiger partial charge on any atom is 0.0823 e. The Morgan fingerprint density at radius 2 is 2.06 bits per heavy atom. The van der Waals surface area contributed by atoms with Crippen LogP contribution in [0.4, 0.5) is 5.69 Å². The minimum atomic E-state index is 0.380. The van der Waals surface area contributed by atoms with Gasteiger partial charge in [0.1, 0.15) is 0 Å². The number of hydrogen-bond acceptors (Lipinski definition) is 2. The molecule has 3 rings (SSSR count). The van der Waals surface area contributed by atoms with Gasteiger partial charge >= 0.3 is 0 Å². The molecule has 2 heterocycles. The zero-order valence-corrected chi connectivity index (χ0v) is 11.3. The van der Waals surface area contributed by atoms with E-state index in [1.807, 2.05) is 0 Å². The maximum atomic E-state index is 2.49. The molecule has 0 aliphatic carbocycles. The van der Waals surface area contributed by atoms with Crippen molar-refractivity contribution >= 4 is 5.69 Å². The highest BCUT2D eigenvalue weighted by Gasteiger charge is 2.43. The Balaban J connectivity index is 2.17. The number of piperidine rings is 1. The molecule has 2 nitrogen and oxygen atoms in total. The molecule has 1 aromatic carbocycles. The van der Waals surface area contributed by atoms with Gasteiger partial charge in [-0.25, -0.2) is 0 Å². The molecule has 1 aromatic rings. The Labute approximate surface area is 104 Å². The van der Waals surface area contributed by atoms with E-state index in [1.54, 1.807) is 5.56 Å². The van der Waals surface area contributed by atoms with E-state index < -0.39 is 0 Å². The molecule has 0 spiro atoms. The molecule has 2 aliphatic rings. The van der Waals surface area contributed by atoms with Crippen molar-refractivity contribution in [3.05, 3.63) is 29.3 Å². The summed E-state index contributed by atoms with van der Waals surface area (Å²) in [6.07, 6.45) is 3.12. The Kier molecular flexibility index (Phi) is 2.27. The molecule has 0 radical (unpaired) electrons. The summed E-state index contributed by atoms with van der Waals surface area (Å²) in [4.78, 5) is 4.94. The maximum absolute atomic E-state index is 2.49. The number of anilines is 1. The van der Waals surface area contributed by atoms with Crippen molar-refractivity contribution in [1.29, 1.82) is 0 Å². The molecule has 2 atom stereocenters. The molecule has 0 aromatic heterocycles. The van der Waals surface area contributed by atoms with Gasteiger partial charge in [-0.05, 0) is 43.9 Å². The molecule has 1 saturated heterocycles. The Hall–Kier alpha value is -1.02. The largest absolute Gasteiger partial charge is 0.359 e. The van der Waals surface area contributed by atoms with Gasteiger partial charge in [0, 0.05) is 19.3 Å². The fourth-order valence-electron chi connectivity index (χ4n) is 3.51. The second-order valence-electron chi connectivity index (χ2n) is 6.11. The summed E-state index contributed by atoms with van der Waals surface area (Å²) in [5, 5.41) is 0. The molecule has 1 unspecified atom stereocenters. The van der Waals surface area contributed by atoms with Gasteiger partial charge in [-0.15, -0.1) is 0 Å². The van der Waals surface area contributed by atoms with Crippen LogP contribution in [0.25, 0.3) is 0 Å². The molecule has 92 valence electrons. The minimum Gasteiger partial charge on any atom is -0.359 e. The van der Waals surface area contributed by atoms with Crippen LogP contribution in [0, 0.1) is 6.92 Å². The number of fused-ring (bicyclic) bond motifs is 4. The smallest absolute Gasteiger partial charge is 0.0823 e. The first-order valence-electron chi connectivity index (χ1n) is 6.55. The van der Waals surface area contributed by atoms with E-state index in [-0.39, 0.29) is 0 Å². The lowest BCUT2D eigenvalue weighted by atomic mass is 9.70. The van der Waals surface area contributed by atoms with Crippen LogP contribution in [0.1, 0.15) is 30.9 Å².